The standard InChI is InChI=1S/C12H14FNO/c1-3-7(2)11-9-6-8(13)4-5-10(9)14-12(11)15/h4-7,11H,3H2,1-2H3,(H,14,15). The van der Waals surface area contributed by atoms with E-state index in [1.54, 1.807) is 6.07 Å². The van der Waals surface area contributed by atoms with Gasteiger partial charge in [0.2, 0.25) is 5.91 Å². The van der Waals surface area contributed by atoms with Crippen LogP contribution in [0.2, 0.25) is 0 Å². The number of benzene rings is 1. The summed E-state index contributed by atoms with van der Waals surface area (Å²) >= 11 is 0. The van der Waals surface area contributed by atoms with Gasteiger partial charge in [0.1, 0.15) is 5.82 Å². The second-order valence-corrected chi connectivity index (χ2v) is 4.08. The predicted molar refractivity (Wildman–Crippen MR) is 57.2 cm³/mol. The Bertz CT molecular complexity index is 403. The third-order valence-corrected chi connectivity index (χ3v) is 3.10. The molecule has 0 aromatic heterocycles. The van der Waals surface area contributed by atoms with Crippen LogP contribution < -0.4 is 5.32 Å². The summed E-state index contributed by atoms with van der Waals surface area (Å²) in [4.78, 5) is 11.7. The number of rotatable bonds is 2. The minimum Gasteiger partial charge on any atom is -0.325 e. The highest BCUT2D eigenvalue weighted by atomic mass is 19.1. The summed E-state index contributed by atoms with van der Waals surface area (Å²) in [7, 11) is 0. The number of hydrogen-bond acceptors (Lipinski definition) is 1. The lowest BCUT2D eigenvalue weighted by Gasteiger charge is -2.15. The highest BCUT2D eigenvalue weighted by molar-refractivity contribution is 6.03. The quantitative estimate of drug-likeness (QED) is 0.793. The van der Waals surface area contributed by atoms with E-state index < -0.39 is 0 Å². The van der Waals surface area contributed by atoms with Crippen molar-refractivity contribution in [3.8, 4) is 0 Å². The van der Waals surface area contributed by atoms with Gasteiger partial charge < -0.3 is 5.32 Å². The van der Waals surface area contributed by atoms with Gasteiger partial charge in [-0.1, -0.05) is 20.3 Å². The lowest BCUT2D eigenvalue weighted by molar-refractivity contribution is -0.118. The summed E-state index contributed by atoms with van der Waals surface area (Å²) in [5, 5.41) is 2.78. The third kappa shape index (κ3) is 1.62. The van der Waals surface area contributed by atoms with E-state index in [1.165, 1.54) is 12.1 Å². The molecular weight excluding hydrogens is 193 g/mol. The fourth-order valence-corrected chi connectivity index (χ4v) is 2.06. The van der Waals surface area contributed by atoms with E-state index in [-0.39, 0.29) is 23.6 Å². The van der Waals surface area contributed by atoms with Crippen LogP contribution >= 0.6 is 0 Å². The van der Waals surface area contributed by atoms with E-state index >= 15 is 0 Å². The molecule has 2 nitrogen and oxygen atoms in total. The van der Waals surface area contributed by atoms with E-state index in [0.29, 0.717) is 0 Å². The van der Waals surface area contributed by atoms with Gasteiger partial charge in [-0.15, -0.1) is 0 Å². The normalized spacial score (nSPS) is 21.0. The van der Waals surface area contributed by atoms with E-state index in [9.17, 15) is 9.18 Å². The Labute approximate surface area is 88.5 Å². The first kappa shape index (κ1) is 10.1. The van der Waals surface area contributed by atoms with Crippen molar-refractivity contribution in [2.24, 2.45) is 5.92 Å². The molecule has 1 aliphatic rings. The van der Waals surface area contributed by atoms with Gasteiger partial charge in [-0.3, -0.25) is 4.79 Å². The van der Waals surface area contributed by atoms with Crippen molar-refractivity contribution in [2.45, 2.75) is 26.2 Å². The number of halogens is 1. The zero-order valence-electron chi connectivity index (χ0n) is 8.88. The molecule has 1 aromatic carbocycles. The number of fused-ring (bicyclic) bond motifs is 1. The van der Waals surface area contributed by atoms with Crippen molar-refractivity contribution in [3.05, 3.63) is 29.6 Å². The van der Waals surface area contributed by atoms with E-state index in [4.69, 9.17) is 0 Å². The maximum absolute atomic E-state index is 13.1. The Morgan fingerprint density at radius 3 is 2.93 bits per heavy atom. The predicted octanol–water partition coefficient (Wildman–Crippen LogP) is 2.91. The molecule has 1 aliphatic heterocycles. The van der Waals surface area contributed by atoms with Crippen molar-refractivity contribution < 1.29 is 9.18 Å². The van der Waals surface area contributed by atoms with Crippen LogP contribution in [-0.2, 0) is 4.79 Å². The molecular formula is C12H14FNO. The van der Waals surface area contributed by atoms with Crippen LogP contribution in [0.15, 0.2) is 18.2 Å². The topological polar surface area (TPSA) is 29.1 Å². The summed E-state index contributed by atoms with van der Waals surface area (Å²) in [6.07, 6.45) is 0.911. The average molecular weight is 207 g/mol. The third-order valence-electron chi connectivity index (χ3n) is 3.10. The average Bonchev–Trinajstić information content (AvgIpc) is 2.52. The molecule has 0 bridgehead atoms. The molecule has 2 atom stereocenters. The van der Waals surface area contributed by atoms with Crippen molar-refractivity contribution in [1.82, 2.24) is 0 Å². The van der Waals surface area contributed by atoms with Gasteiger partial charge in [-0.05, 0) is 29.7 Å². The number of carbonyl (C=O) groups excluding carboxylic acids is 1. The van der Waals surface area contributed by atoms with Gasteiger partial charge in [0.25, 0.3) is 0 Å². The Morgan fingerprint density at radius 1 is 1.53 bits per heavy atom. The molecule has 1 heterocycles. The summed E-state index contributed by atoms with van der Waals surface area (Å²) < 4.78 is 13.1. The molecule has 0 saturated carbocycles. The first-order valence-electron chi connectivity index (χ1n) is 5.23. The summed E-state index contributed by atoms with van der Waals surface area (Å²) in [5.41, 5.74) is 1.56. The minimum absolute atomic E-state index is 0.00931. The fourth-order valence-electron chi connectivity index (χ4n) is 2.06. The van der Waals surface area contributed by atoms with Crippen LogP contribution in [0.5, 0.6) is 0 Å². The van der Waals surface area contributed by atoms with Crippen LogP contribution in [0.25, 0.3) is 0 Å². The zero-order chi connectivity index (χ0) is 11.0. The van der Waals surface area contributed by atoms with Crippen LogP contribution in [0, 0.1) is 11.7 Å². The molecule has 0 fully saturated rings. The second kappa shape index (κ2) is 3.65. The molecule has 2 rings (SSSR count). The molecule has 1 amide bonds. The van der Waals surface area contributed by atoms with Crippen LogP contribution in [0.1, 0.15) is 31.7 Å². The highest BCUT2D eigenvalue weighted by Crippen LogP contribution is 2.38. The number of carbonyl (C=O) groups is 1. The molecule has 80 valence electrons. The van der Waals surface area contributed by atoms with Gasteiger partial charge in [0, 0.05) is 5.69 Å². The monoisotopic (exact) mass is 207 g/mol. The number of amides is 1. The van der Waals surface area contributed by atoms with Gasteiger partial charge >= 0.3 is 0 Å². The number of nitrogens with one attached hydrogen (secondary N) is 1. The Kier molecular flexibility index (Phi) is 2.47. The molecule has 1 N–H and O–H groups in total. The smallest absolute Gasteiger partial charge is 0.232 e. The Hall–Kier alpha value is -1.38. The Balaban J connectivity index is 2.43. The highest BCUT2D eigenvalue weighted by Gasteiger charge is 2.34. The summed E-state index contributed by atoms with van der Waals surface area (Å²) in [5.74, 6) is -0.239. The van der Waals surface area contributed by atoms with Crippen LogP contribution in [0.4, 0.5) is 10.1 Å². The summed E-state index contributed by atoms with van der Waals surface area (Å²) in [6, 6.07) is 4.47. The fraction of sp³-hybridized carbons (Fsp3) is 0.417. The number of hydrogen-bond donors (Lipinski definition) is 1. The van der Waals surface area contributed by atoms with Crippen LogP contribution in [0.3, 0.4) is 0 Å². The molecule has 0 spiro atoms. The molecule has 0 radical (unpaired) electrons. The van der Waals surface area contributed by atoms with Gasteiger partial charge in [0.15, 0.2) is 0 Å². The zero-order valence-corrected chi connectivity index (χ0v) is 8.88. The molecule has 0 aliphatic carbocycles. The maximum atomic E-state index is 13.1. The molecule has 15 heavy (non-hydrogen) atoms. The van der Waals surface area contributed by atoms with Crippen molar-refractivity contribution in [2.75, 3.05) is 5.32 Å². The molecule has 3 heteroatoms. The van der Waals surface area contributed by atoms with E-state index in [1.807, 2.05) is 13.8 Å². The largest absolute Gasteiger partial charge is 0.325 e. The van der Waals surface area contributed by atoms with Crippen molar-refractivity contribution >= 4 is 11.6 Å². The lowest BCUT2D eigenvalue weighted by Crippen LogP contribution is -2.18. The molecule has 2 unspecified atom stereocenters. The Morgan fingerprint density at radius 2 is 2.27 bits per heavy atom. The maximum Gasteiger partial charge on any atom is 0.232 e. The van der Waals surface area contributed by atoms with Gasteiger partial charge in [-0.2, -0.15) is 0 Å². The van der Waals surface area contributed by atoms with Crippen LogP contribution in [-0.4, -0.2) is 5.91 Å². The minimum atomic E-state index is -0.279. The van der Waals surface area contributed by atoms with E-state index in [2.05, 4.69) is 5.32 Å². The lowest BCUT2D eigenvalue weighted by atomic mass is 9.87. The van der Waals surface area contributed by atoms with Gasteiger partial charge in [0.05, 0.1) is 5.92 Å². The van der Waals surface area contributed by atoms with Crippen molar-refractivity contribution in [1.29, 1.82) is 0 Å². The summed E-state index contributed by atoms with van der Waals surface area (Å²) in [6.45, 7) is 4.06. The number of anilines is 1. The van der Waals surface area contributed by atoms with Gasteiger partial charge in [-0.25, -0.2) is 4.39 Å². The second-order valence-electron chi connectivity index (χ2n) is 4.08. The van der Waals surface area contributed by atoms with E-state index in [0.717, 1.165) is 17.7 Å². The molecule has 0 saturated heterocycles. The SMILES string of the molecule is CCC(C)C1C(=O)Nc2ccc(F)cc21. The molecule has 1 aromatic rings. The first-order valence-corrected chi connectivity index (χ1v) is 5.23. The first-order chi connectivity index (χ1) is 7.13. The van der Waals surface area contributed by atoms with Crippen molar-refractivity contribution in [3.63, 3.8) is 0 Å².